The second-order valence-electron chi connectivity index (χ2n) is 5.38. The largest absolute Gasteiger partial charge is 0.483 e. The zero-order chi connectivity index (χ0) is 15.1. The topological polar surface area (TPSA) is 59.6 Å². The normalized spacial score (nSPS) is 15.7. The van der Waals surface area contributed by atoms with Crippen LogP contribution in [-0.4, -0.2) is 38.8 Å². The standard InChI is InChI=1S/C16H24N2O3/c1-12-3-4-15(13(9-12)10-17-2)21-11-16(19)18-14-5-7-20-8-6-14/h3-4,9,14,17H,5-8,10-11H2,1-2H3,(H,18,19). The van der Waals surface area contributed by atoms with E-state index in [1.807, 2.05) is 26.1 Å². The van der Waals surface area contributed by atoms with Gasteiger partial charge in [-0.2, -0.15) is 0 Å². The summed E-state index contributed by atoms with van der Waals surface area (Å²) in [7, 11) is 1.89. The summed E-state index contributed by atoms with van der Waals surface area (Å²) < 4.78 is 10.9. The van der Waals surface area contributed by atoms with Crippen molar-refractivity contribution < 1.29 is 14.3 Å². The third kappa shape index (κ3) is 5.02. The van der Waals surface area contributed by atoms with Gasteiger partial charge >= 0.3 is 0 Å². The minimum Gasteiger partial charge on any atom is -0.483 e. The van der Waals surface area contributed by atoms with Crippen molar-refractivity contribution >= 4 is 5.91 Å². The van der Waals surface area contributed by atoms with E-state index in [1.165, 1.54) is 5.56 Å². The van der Waals surface area contributed by atoms with Crippen LogP contribution >= 0.6 is 0 Å². The van der Waals surface area contributed by atoms with Crippen LogP contribution in [0.4, 0.5) is 0 Å². The van der Waals surface area contributed by atoms with Crippen molar-refractivity contribution in [2.24, 2.45) is 0 Å². The summed E-state index contributed by atoms with van der Waals surface area (Å²) in [6.07, 6.45) is 1.75. The molecule has 1 amide bonds. The molecule has 0 aliphatic carbocycles. The van der Waals surface area contributed by atoms with Crippen molar-refractivity contribution in [3.8, 4) is 5.75 Å². The van der Waals surface area contributed by atoms with Gasteiger partial charge in [-0.1, -0.05) is 17.7 Å². The molecule has 1 aromatic carbocycles. The molecule has 1 aliphatic rings. The van der Waals surface area contributed by atoms with Crippen LogP contribution in [0.1, 0.15) is 24.0 Å². The number of amides is 1. The van der Waals surface area contributed by atoms with Gasteiger partial charge < -0.3 is 20.1 Å². The first-order chi connectivity index (χ1) is 10.2. The zero-order valence-corrected chi connectivity index (χ0v) is 12.8. The van der Waals surface area contributed by atoms with Crippen LogP contribution in [0.25, 0.3) is 0 Å². The Bertz CT molecular complexity index is 471. The van der Waals surface area contributed by atoms with Crippen molar-refractivity contribution in [3.63, 3.8) is 0 Å². The van der Waals surface area contributed by atoms with Gasteiger partial charge in [0.25, 0.3) is 5.91 Å². The Morgan fingerprint density at radius 2 is 2.14 bits per heavy atom. The molecule has 0 aromatic heterocycles. The number of benzene rings is 1. The third-order valence-electron chi connectivity index (χ3n) is 3.53. The van der Waals surface area contributed by atoms with Crippen LogP contribution in [0.2, 0.25) is 0 Å². The van der Waals surface area contributed by atoms with Crippen LogP contribution in [0.3, 0.4) is 0 Å². The molecule has 5 heteroatoms. The van der Waals surface area contributed by atoms with E-state index in [4.69, 9.17) is 9.47 Å². The average molecular weight is 292 g/mol. The van der Waals surface area contributed by atoms with Crippen LogP contribution in [-0.2, 0) is 16.1 Å². The summed E-state index contributed by atoms with van der Waals surface area (Å²) >= 11 is 0. The van der Waals surface area contributed by atoms with Crippen molar-refractivity contribution in [1.82, 2.24) is 10.6 Å². The van der Waals surface area contributed by atoms with Gasteiger partial charge in [0, 0.05) is 31.4 Å². The van der Waals surface area contributed by atoms with E-state index in [0.29, 0.717) is 0 Å². The fourth-order valence-electron chi connectivity index (χ4n) is 2.43. The molecule has 0 unspecified atom stereocenters. The number of nitrogens with one attached hydrogen (secondary N) is 2. The van der Waals surface area contributed by atoms with E-state index in [-0.39, 0.29) is 18.6 Å². The molecule has 1 saturated heterocycles. The molecule has 0 atom stereocenters. The zero-order valence-electron chi connectivity index (χ0n) is 12.8. The maximum Gasteiger partial charge on any atom is 0.258 e. The molecule has 1 aliphatic heterocycles. The number of hydrogen-bond donors (Lipinski definition) is 2. The average Bonchev–Trinajstić information content (AvgIpc) is 2.48. The first-order valence-corrected chi connectivity index (χ1v) is 7.43. The van der Waals surface area contributed by atoms with Gasteiger partial charge in [-0.05, 0) is 32.9 Å². The first kappa shape index (κ1) is 15.8. The lowest BCUT2D eigenvalue weighted by Gasteiger charge is -2.23. The Morgan fingerprint density at radius 1 is 1.38 bits per heavy atom. The highest BCUT2D eigenvalue weighted by molar-refractivity contribution is 5.77. The Kier molecular flexibility index (Phi) is 6.02. The Labute approximate surface area is 126 Å². The van der Waals surface area contributed by atoms with Gasteiger partial charge in [-0.25, -0.2) is 0 Å². The van der Waals surface area contributed by atoms with Gasteiger partial charge in [0.05, 0.1) is 0 Å². The minimum absolute atomic E-state index is 0.0527. The second-order valence-corrected chi connectivity index (χ2v) is 5.38. The van der Waals surface area contributed by atoms with Crippen LogP contribution in [0, 0.1) is 6.92 Å². The van der Waals surface area contributed by atoms with Gasteiger partial charge in [0.15, 0.2) is 6.61 Å². The number of ether oxygens (including phenoxy) is 2. The highest BCUT2D eigenvalue weighted by Crippen LogP contribution is 2.19. The third-order valence-corrected chi connectivity index (χ3v) is 3.53. The van der Waals surface area contributed by atoms with Crippen molar-refractivity contribution in [1.29, 1.82) is 0 Å². The number of carbonyl (C=O) groups is 1. The summed E-state index contributed by atoms with van der Waals surface area (Å²) in [4.78, 5) is 11.9. The predicted octanol–water partition coefficient (Wildman–Crippen LogP) is 1.39. The monoisotopic (exact) mass is 292 g/mol. The Balaban J connectivity index is 1.85. The maximum atomic E-state index is 11.9. The van der Waals surface area contributed by atoms with Gasteiger partial charge in [0.1, 0.15) is 5.75 Å². The summed E-state index contributed by atoms with van der Waals surface area (Å²) in [5, 5.41) is 6.10. The van der Waals surface area contributed by atoms with E-state index in [0.717, 1.165) is 43.9 Å². The highest BCUT2D eigenvalue weighted by Gasteiger charge is 2.16. The highest BCUT2D eigenvalue weighted by atomic mass is 16.5. The SMILES string of the molecule is CNCc1cc(C)ccc1OCC(=O)NC1CCOCC1. The summed E-state index contributed by atoms with van der Waals surface area (Å²) in [6.45, 7) is 4.25. The fraction of sp³-hybridized carbons (Fsp3) is 0.562. The molecule has 5 nitrogen and oxygen atoms in total. The van der Waals surface area contributed by atoms with E-state index in [9.17, 15) is 4.79 Å². The molecular formula is C16H24N2O3. The lowest BCUT2D eigenvalue weighted by molar-refractivity contribution is -0.124. The Hall–Kier alpha value is -1.59. The molecule has 0 spiro atoms. The molecule has 0 saturated carbocycles. The maximum absolute atomic E-state index is 11.9. The Morgan fingerprint density at radius 3 is 2.86 bits per heavy atom. The summed E-state index contributed by atoms with van der Waals surface area (Å²) in [6, 6.07) is 6.20. The molecule has 2 N–H and O–H groups in total. The molecule has 21 heavy (non-hydrogen) atoms. The minimum atomic E-state index is -0.0714. The summed E-state index contributed by atoms with van der Waals surface area (Å²) in [5.41, 5.74) is 2.25. The van der Waals surface area contributed by atoms with Crippen molar-refractivity contribution in [3.05, 3.63) is 29.3 Å². The fourth-order valence-corrected chi connectivity index (χ4v) is 2.43. The lowest BCUT2D eigenvalue weighted by Crippen LogP contribution is -2.41. The molecule has 0 radical (unpaired) electrons. The molecule has 1 fully saturated rings. The van der Waals surface area contributed by atoms with Crippen LogP contribution < -0.4 is 15.4 Å². The number of hydrogen-bond acceptors (Lipinski definition) is 4. The predicted molar refractivity (Wildman–Crippen MR) is 81.4 cm³/mol. The number of carbonyl (C=O) groups excluding carboxylic acids is 1. The van der Waals surface area contributed by atoms with E-state index >= 15 is 0 Å². The molecule has 2 rings (SSSR count). The van der Waals surface area contributed by atoms with Gasteiger partial charge in [0.2, 0.25) is 0 Å². The lowest BCUT2D eigenvalue weighted by atomic mass is 10.1. The summed E-state index contributed by atoms with van der Waals surface area (Å²) in [5.74, 6) is 0.690. The number of rotatable bonds is 6. The van der Waals surface area contributed by atoms with Crippen LogP contribution in [0.15, 0.2) is 18.2 Å². The first-order valence-electron chi connectivity index (χ1n) is 7.43. The number of aryl methyl sites for hydroxylation is 1. The van der Waals surface area contributed by atoms with Gasteiger partial charge in [-0.15, -0.1) is 0 Å². The molecular weight excluding hydrogens is 268 g/mol. The van der Waals surface area contributed by atoms with E-state index in [1.54, 1.807) is 0 Å². The second kappa shape index (κ2) is 8.00. The van der Waals surface area contributed by atoms with Gasteiger partial charge in [-0.3, -0.25) is 4.79 Å². The molecule has 116 valence electrons. The van der Waals surface area contributed by atoms with Crippen molar-refractivity contribution in [2.75, 3.05) is 26.9 Å². The smallest absolute Gasteiger partial charge is 0.258 e. The molecule has 0 bridgehead atoms. The van der Waals surface area contributed by atoms with E-state index < -0.39 is 0 Å². The molecule has 1 aromatic rings. The van der Waals surface area contributed by atoms with E-state index in [2.05, 4.69) is 16.7 Å². The quantitative estimate of drug-likeness (QED) is 0.832. The molecule has 1 heterocycles. The van der Waals surface area contributed by atoms with Crippen molar-refractivity contribution in [2.45, 2.75) is 32.4 Å². The van der Waals surface area contributed by atoms with Crippen LogP contribution in [0.5, 0.6) is 5.75 Å².